The van der Waals surface area contributed by atoms with Gasteiger partial charge in [-0.1, -0.05) is 26.3 Å². The van der Waals surface area contributed by atoms with E-state index in [0.717, 1.165) is 18.4 Å². The maximum absolute atomic E-state index is 11.8. The van der Waals surface area contributed by atoms with Gasteiger partial charge in [0.1, 0.15) is 0 Å². The SMILES string of the molecule is CCCCN(CCC)C1CCc2ccc(C(=O)NC)cc2C1. The molecule has 0 heterocycles. The van der Waals surface area contributed by atoms with E-state index in [1.54, 1.807) is 7.05 Å². The normalized spacial score (nSPS) is 17.4. The fraction of sp³-hybridized carbons (Fsp3) is 0.632. The highest BCUT2D eigenvalue weighted by Crippen LogP contribution is 2.26. The first-order valence-corrected chi connectivity index (χ1v) is 8.77. The maximum atomic E-state index is 11.8. The lowest BCUT2D eigenvalue weighted by atomic mass is 9.86. The zero-order chi connectivity index (χ0) is 15.9. The number of nitrogens with zero attached hydrogens (tertiary/aromatic N) is 1. The van der Waals surface area contributed by atoms with E-state index in [-0.39, 0.29) is 5.91 Å². The summed E-state index contributed by atoms with van der Waals surface area (Å²) in [6.45, 7) is 6.92. The molecule has 0 radical (unpaired) electrons. The predicted octanol–water partition coefficient (Wildman–Crippen LogP) is 3.42. The second-order valence-electron chi connectivity index (χ2n) is 6.35. The summed E-state index contributed by atoms with van der Waals surface area (Å²) in [7, 11) is 1.69. The van der Waals surface area contributed by atoms with Crippen LogP contribution < -0.4 is 5.32 Å². The number of hydrogen-bond donors (Lipinski definition) is 1. The largest absolute Gasteiger partial charge is 0.355 e. The quantitative estimate of drug-likeness (QED) is 0.837. The minimum absolute atomic E-state index is 0.0151. The van der Waals surface area contributed by atoms with E-state index in [4.69, 9.17) is 0 Å². The zero-order valence-corrected chi connectivity index (χ0v) is 14.3. The molecule has 22 heavy (non-hydrogen) atoms. The Balaban J connectivity index is 2.12. The Kier molecular flexibility index (Phi) is 6.44. The Bertz CT molecular complexity index is 498. The number of rotatable bonds is 7. The van der Waals surface area contributed by atoms with Gasteiger partial charge in [0, 0.05) is 18.7 Å². The van der Waals surface area contributed by atoms with Crippen molar-refractivity contribution in [3.05, 3.63) is 34.9 Å². The molecule has 0 saturated carbocycles. The molecule has 1 N–H and O–H groups in total. The first-order chi connectivity index (χ1) is 10.7. The highest BCUT2D eigenvalue weighted by molar-refractivity contribution is 5.94. The molecular weight excluding hydrogens is 272 g/mol. The molecule has 0 bridgehead atoms. The third-order valence-corrected chi connectivity index (χ3v) is 4.72. The molecule has 1 atom stereocenters. The van der Waals surface area contributed by atoms with Gasteiger partial charge in [0.2, 0.25) is 0 Å². The molecule has 122 valence electrons. The predicted molar refractivity (Wildman–Crippen MR) is 92.4 cm³/mol. The van der Waals surface area contributed by atoms with Gasteiger partial charge < -0.3 is 10.2 Å². The minimum Gasteiger partial charge on any atom is -0.355 e. The molecule has 0 aromatic heterocycles. The van der Waals surface area contributed by atoms with E-state index in [1.165, 1.54) is 49.9 Å². The van der Waals surface area contributed by atoms with Gasteiger partial charge in [-0.15, -0.1) is 0 Å². The first-order valence-electron chi connectivity index (χ1n) is 8.77. The highest BCUT2D eigenvalue weighted by Gasteiger charge is 2.24. The molecule has 1 aliphatic rings. The van der Waals surface area contributed by atoms with Gasteiger partial charge in [-0.05, 0) is 68.5 Å². The molecule has 1 amide bonds. The van der Waals surface area contributed by atoms with Crippen molar-refractivity contribution < 1.29 is 4.79 Å². The highest BCUT2D eigenvalue weighted by atomic mass is 16.1. The second kappa shape index (κ2) is 8.33. The zero-order valence-electron chi connectivity index (χ0n) is 14.3. The monoisotopic (exact) mass is 302 g/mol. The van der Waals surface area contributed by atoms with Crippen LogP contribution in [0.1, 0.15) is 61.0 Å². The van der Waals surface area contributed by atoms with Gasteiger partial charge in [-0.3, -0.25) is 4.79 Å². The van der Waals surface area contributed by atoms with Crippen LogP contribution >= 0.6 is 0 Å². The molecule has 0 spiro atoms. The van der Waals surface area contributed by atoms with Crippen molar-refractivity contribution in [2.24, 2.45) is 0 Å². The maximum Gasteiger partial charge on any atom is 0.251 e. The van der Waals surface area contributed by atoms with E-state index >= 15 is 0 Å². The number of carbonyl (C=O) groups excluding carboxylic acids is 1. The molecule has 1 unspecified atom stereocenters. The Morgan fingerprint density at radius 2 is 2.05 bits per heavy atom. The molecule has 2 rings (SSSR count). The van der Waals surface area contributed by atoms with Crippen LogP contribution in [0.2, 0.25) is 0 Å². The first kappa shape index (κ1) is 17.0. The number of carbonyl (C=O) groups is 1. The average molecular weight is 302 g/mol. The van der Waals surface area contributed by atoms with E-state index in [1.807, 2.05) is 6.07 Å². The Morgan fingerprint density at radius 1 is 1.23 bits per heavy atom. The Labute approximate surface area is 135 Å². The second-order valence-corrected chi connectivity index (χ2v) is 6.35. The van der Waals surface area contributed by atoms with Crippen molar-refractivity contribution in [2.45, 2.75) is 58.4 Å². The van der Waals surface area contributed by atoms with Crippen molar-refractivity contribution in [1.82, 2.24) is 10.2 Å². The fourth-order valence-corrected chi connectivity index (χ4v) is 3.46. The van der Waals surface area contributed by atoms with Crippen LogP contribution in [0.4, 0.5) is 0 Å². The van der Waals surface area contributed by atoms with E-state index < -0.39 is 0 Å². The van der Waals surface area contributed by atoms with Gasteiger partial charge in [0.15, 0.2) is 0 Å². The molecule has 3 heteroatoms. The number of unbranched alkanes of at least 4 members (excludes halogenated alkanes) is 1. The van der Waals surface area contributed by atoms with Crippen LogP contribution in [0, 0.1) is 0 Å². The molecular formula is C19H30N2O. The fourth-order valence-electron chi connectivity index (χ4n) is 3.46. The lowest BCUT2D eigenvalue weighted by molar-refractivity contribution is 0.0963. The molecule has 0 saturated heterocycles. The smallest absolute Gasteiger partial charge is 0.251 e. The third-order valence-electron chi connectivity index (χ3n) is 4.72. The molecule has 1 aromatic carbocycles. The van der Waals surface area contributed by atoms with Gasteiger partial charge in [0.05, 0.1) is 0 Å². The van der Waals surface area contributed by atoms with Gasteiger partial charge in [0.25, 0.3) is 5.91 Å². The van der Waals surface area contributed by atoms with Crippen LogP contribution in [0.15, 0.2) is 18.2 Å². The third kappa shape index (κ3) is 4.10. The summed E-state index contributed by atoms with van der Waals surface area (Å²) in [6, 6.07) is 6.84. The van der Waals surface area contributed by atoms with Gasteiger partial charge in [-0.25, -0.2) is 0 Å². The Morgan fingerprint density at radius 3 is 2.73 bits per heavy atom. The topological polar surface area (TPSA) is 32.3 Å². The van der Waals surface area contributed by atoms with Crippen molar-refractivity contribution in [3.8, 4) is 0 Å². The number of fused-ring (bicyclic) bond motifs is 1. The van der Waals surface area contributed by atoms with Gasteiger partial charge in [-0.2, -0.15) is 0 Å². The van der Waals surface area contributed by atoms with E-state index in [2.05, 4.69) is 36.2 Å². The Hall–Kier alpha value is -1.35. The summed E-state index contributed by atoms with van der Waals surface area (Å²) in [4.78, 5) is 14.5. The van der Waals surface area contributed by atoms with Gasteiger partial charge >= 0.3 is 0 Å². The summed E-state index contributed by atoms with van der Waals surface area (Å²) in [5, 5.41) is 2.72. The molecule has 0 aliphatic heterocycles. The van der Waals surface area contributed by atoms with Crippen LogP contribution in [-0.2, 0) is 12.8 Å². The summed E-state index contributed by atoms with van der Waals surface area (Å²) in [5.74, 6) is 0.0151. The summed E-state index contributed by atoms with van der Waals surface area (Å²) >= 11 is 0. The number of benzene rings is 1. The number of nitrogens with one attached hydrogen (secondary N) is 1. The van der Waals surface area contributed by atoms with E-state index in [0.29, 0.717) is 6.04 Å². The number of amides is 1. The lowest BCUT2D eigenvalue weighted by Crippen LogP contribution is -2.40. The lowest BCUT2D eigenvalue weighted by Gasteiger charge is -2.35. The number of hydrogen-bond acceptors (Lipinski definition) is 2. The number of aryl methyl sites for hydroxylation is 1. The van der Waals surface area contributed by atoms with Crippen molar-refractivity contribution in [3.63, 3.8) is 0 Å². The standard InChI is InChI=1S/C19H30N2O/c1-4-6-12-21(11-5-2)18-10-9-15-7-8-16(19(22)20-3)13-17(15)14-18/h7-8,13,18H,4-6,9-12,14H2,1-3H3,(H,20,22). The van der Waals surface area contributed by atoms with Crippen molar-refractivity contribution in [2.75, 3.05) is 20.1 Å². The van der Waals surface area contributed by atoms with Crippen LogP contribution in [0.25, 0.3) is 0 Å². The molecule has 1 aromatic rings. The van der Waals surface area contributed by atoms with Crippen LogP contribution in [0.3, 0.4) is 0 Å². The molecule has 0 fully saturated rings. The van der Waals surface area contributed by atoms with Crippen molar-refractivity contribution in [1.29, 1.82) is 0 Å². The summed E-state index contributed by atoms with van der Waals surface area (Å²) in [6.07, 6.45) is 7.22. The van der Waals surface area contributed by atoms with Crippen molar-refractivity contribution >= 4 is 5.91 Å². The van der Waals surface area contributed by atoms with Crippen LogP contribution in [-0.4, -0.2) is 37.0 Å². The van der Waals surface area contributed by atoms with E-state index in [9.17, 15) is 4.79 Å². The average Bonchev–Trinajstić information content (AvgIpc) is 2.56. The summed E-state index contributed by atoms with van der Waals surface area (Å²) in [5.41, 5.74) is 3.59. The molecule has 1 aliphatic carbocycles. The minimum atomic E-state index is 0.0151. The summed E-state index contributed by atoms with van der Waals surface area (Å²) < 4.78 is 0. The molecule has 3 nitrogen and oxygen atoms in total. The van der Waals surface area contributed by atoms with Crippen LogP contribution in [0.5, 0.6) is 0 Å².